The molecule has 1 aromatic heterocycles. The van der Waals surface area contributed by atoms with Crippen molar-refractivity contribution in [1.82, 2.24) is 9.78 Å². The molecule has 0 saturated heterocycles. The van der Waals surface area contributed by atoms with Crippen molar-refractivity contribution in [2.24, 2.45) is 7.05 Å². The summed E-state index contributed by atoms with van der Waals surface area (Å²) in [5.41, 5.74) is 4.89. The Morgan fingerprint density at radius 3 is 2.38 bits per heavy atom. The average molecular weight is 287 g/mol. The van der Waals surface area contributed by atoms with Crippen molar-refractivity contribution in [3.8, 4) is 0 Å². The Balaban J connectivity index is 2.16. The lowest BCUT2D eigenvalue weighted by Gasteiger charge is -2.16. The van der Waals surface area contributed by atoms with Gasteiger partial charge in [0.15, 0.2) is 0 Å². The number of nitrogens with one attached hydrogen (secondary N) is 1. The van der Waals surface area contributed by atoms with E-state index in [0.717, 1.165) is 17.1 Å². The number of hydrogen-bond donors (Lipinski definition) is 1. The molecule has 2 rings (SSSR count). The van der Waals surface area contributed by atoms with Crippen molar-refractivity contribution in [2.45, 2.75) is 26.8 Å². The van der Waals surface area contributed by atoms with Crippen molar-refractivity contribution >= 4 is 11.7 Å². The molecule has 0 aliphatic heterocycles. The van der Waals surface area contributed by atoms with Crippen LogP contribution in [0.4, 0.5) is 5.69 Å². The van der Waals surface area contributed by atoms with Crippen LogP contribution in [0.5, 0.6) is 0 Å². The normalized spacial score (nSPS) is 12.0. The zero-order chi connectivity index (χ0) is 15.6. The number of benzene rings is 1. The number of esters is 1. The molecule has 1 N–H and O–H groups in total. The Morgan fingerprint density at radius 1 is 1.29 bits per heavy atom. The molecule has 0 aliphatic carbocycles. The van der Waals surface area contributed by atoms with E-state index in [1.54, 1.807) is 12.1 Å². The first-order valence-electron chi connectivity index (χ1n) is 6.89. The van der Waals surface area contributed by atoms with Crippen LogP contribution in [-0.2, 0) is 11.8 Å². The zero-order valence-corrected chi connectivity index (χ0v) is 13.1. The second-order valence-corrected chi connectivity index (χ2v) is 5.14. The third kappa shape index (κ3) is 3.07. The fraction of sp³-hybridized carbons (Fsp3) is 0.375. The van der Waals surface area contributed by atoms with Gasteiger partial charge in [0.05, 0.1) is 24.4 Å². The van der Waals surface area contributed by atoms with E-state index in [4.69, 9.17) is 4.74 Å². The fourth-order valence-electron chi connectivity index (χ4n) is 2.56. The second-order valence-electron chi connectivity index (χ2n) is 5.14. The third-order valence-corrected chi connectivity index (χ3v) is 3.69. The van der Waals surface area contributed by atoms with E-state index >= 15 is 0 Å². The first kappa shape index (κ1) is 15.1. The van der Waals surface area contributed by atoms with Gasteiger partial charge in [-0.3, -0.25) is 4.68 Å². The Morgan fingerprint density at radius 2 is 1.90 bits per heavy atom. The summed E-state index contributed by atoms with van der Waals surface area (Å²) in [6, 6.07) is 7.41. The van der Waals surface area contributed by atoms with Crippen molar-refractivity contribution in [2.75, 3.05) is 12.4 Å². The summed E-state index contributed by atoms with van der Waals surface area (Å²) in [5.74, 6) is -0.325. The average Bonchev–Trinajstić information content (AvgIpc) is 2.72. The summed E-state index contributed by atoms with van der Waals surface area (Å²) in [6.45, 7) is 6.18. The molecule has 1 atom stereocenters. The molecule has 0 fully saturated rings. The summed E-state index contributed by atoms with van der Waals surface area (Å²) < 4.78 is 6.58. The van der Waals surface area contributed by atoms with E-state index in [1.807, 2.05) is 30.8 Å². The number of methoxy groups -OCH3 is 1. The summed E-state index contributed by atoms with van der Waals surface area (Å²) in [5, 5.41) is 7.87. The fourth-order valence-corrected chi connectivity index (χ4v) is 2.56. The van der Waals surface area contributed by atoms with Gasteiger partial charge in [-0.05, 0) is 45.0 Å². The van der Waals surface area contributed by atoms with E-state index in [0.29, 0.717) is 5.56 Å². The summed E-state index contributed by atoms with van der Waals surface area (Å²) in [6.07, 6.45) is 0. The highest BCUT2D eigenvalue weighted by Crippen LogP contribution is 2.24. The summed E-state index contributed by atoms with van der Waals surface area (Å²) >= 11 is 0. The van der Waals surface area contributed by atoms with Crippen LogP contribution in [0.3, 0.4) is 0 Å². The van der Waals surface area contributed by atoms with Crippen molar-refractivity contribution in [3.63, 3.8) is 0 Å². The van der Waals surface area contributed by atoms with Gasteiger partial charge in [0.2, 0.25) is 0 Å². The number of rotatable bonds is 4. The van der Waals surface area contributed by atoms with Crippen molar-refractivity contribution in [3.05, 3.63) is 46.8 Å². The third-order valence-electron chi connectivity index (χ3n) is 3.69. The molecule has 0 aliphatic rings. The van der Waals surface area contributed by atoms with Crippen LogP contribution in [-0.4, -0.2) is 22.9 Å². The number of carbonyl (C=O) groups is 1. The molecule has 112 valence electrons. The smallest absolute Gasteiger partial charge is 0.337 e. The number of hydrogen-bond acceptors (Lipinski definition) is 4. The van der Waals surface area contributed by atoms with E-state index in [2.05, 4.69) is 24.3 Å². The predicted molar refractivity (Wildman–Crippen MR) is 82.5 cm³/mol. The van der Waals surface area contributed by atoms with Crippen LogP contribution >= 0.6 is 0 Å². The Labute approximate surface area is 124 Å². The molecule has 5 nitrogen and oxygen atoms in total. The monoisotopic (exact) mass is 287 g/mol. The number of ether oxygens (including phenoxy) is 1. The lowest BCUT2D eigenvalue weighted by Crippen LogP contribution is -2.09. The molecule has 1 heterocycles. The quantitative estimate of drug-likeness (QED) is 0.878. The lowest BCUT2D eigenvalue weighted by molar-refractivity contribution is 0.0601. The maximum Gasteiger partial charge on any atom is 0.337 e. The van der Waals surface area contributed by atoms with Gasteiger partial charge in [-0.25, -0.2) is 4.79 Å². The summed E-state index contributed by atoms with van der Waals surface area (Å²) in [7, 11) is 3.33. The number of nitrogens with zero attached hydrogens (tertiary/aromatic N) is 2. The number of aryl methyl sites for hydroxylation is 2. The van der Waals surface area contributed by atoms with Crippen molar-refractivity contribution < 1.29 is 9.53 Å². The van der Waals surface area contributed by atoms with Crippen molar-refractivity contribution in [1.29, 1.82) is 0 Å². The van der Waals surface area contributed by atoms with Gasteiger partial charge < -0.3 is 10.1 Å². The van der Waals surface area contributed by atoms with Crippen LogP contribution < -0.4 is 5.32 Å². The van der Waals surface area contributed by atoms with E-state index < -0.39 is 0 Å². The minimum absolute atomic E-state index is 0.141. The number of aromatic nitrogens is 2. The van der Waals surface area contributed by atoms with Gasteiger partial charge in [-0.2, -0.15) is 5.10 Å². The molecule has 1 aromatic carbocycles. The van der Waals surface area contributed by atoms with E-state index in [1.165, 1.54) is 12.7 Å². The van der Waals surface area contributed by atoms with Gasteiger partial charge in [-0.15, -0.1) is 0 Å². The van der Waals surface area contributed by atoms with E-state index in [-0.39, 0.29) is 12.0 Å². The minimum atomic E-state index is -0.325. The highest BCUT2D eigenvalue weighted by molar-refractivity contribution is 5.89. The Bertz CT molecular complexity index is 644. The standard InChI is InChI=1S/C16H21N3O2/c1-10(15-11(2)18-19(4)12(15)3)17-14-8-6-13(7-9-14)16(20)21-5/h6-10,17H,1-5H3. The Hall–Kier alpha value is -2.30. The maximum atomic E-state index is 11.4. The van der Waals surface area contributed by atoms with Gasteiger partial charge >= 0.3 is 5.97 Å². The van der Waals surface area contributed by atoms with Gasteiger partial charge in [-0.1, -0.05) is 0 Å². The molecular weight excluding hydrogens is 266 g/mol. The first-order valence-corrected chi connectivity index (χ1v) is 6.89. The number of anilines is 1. The molecule has 5 heteroatoms. The first-order chi connectivity index (χ1) is 9.93. The highest BCUT2D eigenvalue weighted by Gasteiger charge is 2.16. The number of carbonyl (C=O) groups excluding carboxylic acids is 1. The molecule has 2 aromatic rings. The topological polar surface area (TPSA) is 56.1 Å². The van der Waals surface area contributed by atoms with E-state index in [9.17, 15) is 4.79 Å². The molecule has 0 radical (unpaired) electrons. The van der Waals surface area contributed by atoms with Crippen LogP contribution in [0, 0.1) is 13.8 Å². The predicted octanol–water partition coefficient (Wildman–Crippen LogP) is 3.00. The van der Waals surface area contributed by atoms with Crippen LogP contribution in [0.25, 0.3) is 0 Å². The van der Waals surface area contributed by atoms with Crippen LogP contribution in [0.1, 0.15) is 40.3 Å². The molecule has 0 spiro atoms. The molecule has 21 heavy (non-hydrogen) atoms. The van der Waals surface area contributed by atoms with Crippen LogP contribution in [0.2, 0.25) is 0 Å². The van der Waals surface area contributed by atoms with Gasteiger partial charge in [0, 0.05) is 24.0 Å². The second kappa shape index (κ2) is 5.99. The molecule has 1 unspecified atom stereocenters. The zero-order valence-electron chi connectivity index (χ0n) is 13.1. The van der Waals surface area contributed by atoms with Gasteiger partial charge in [0.25, 0.3) is 0 Å². The van der Waals surface area contributed by atoms with Gasteiger partial charge in [0.1, 0.15) is 0 Å². The summed E-state index contributed by atoms with van der Waals surface area (Å²) in [4.78, 5) is 11.4. The molecule has 0 amide bonds. The largest absolute Gasteiger partial charge is 0.465 e. The Kier molecular flexibility index (Phi) is 4.31. The molecular formula is C16H21N3O2. The molecule has 0 bridgehead atoms. The van der Waals surface area contributed by atoms with Crippen LogP contribution in [0.15, 0.2) is 24.3 Å². The lowest BCUT2D eigenvalue weighted by atomic mass is 10.1. The molecule has 0 saturated carbocycles. The highest BCUT2D eigenvalue weighted by atomic mass is 16.5. The minimum Gasteiger partial charge on any atom is -0.465 e. The maximum absolute atomic E-state index is 11.4. The SMILES string of the molecule is COC(=O)c1ccc(NC(C)c2c(C)nn(C)c2C)cc1.